The molecule has 0 radical (unpaired) electrons. The van der Waals surface area contributed by atoms with E-state index in [0.717, 1.165) is 6.42 Å². The molecule has 21 heavy (non-hydrogen) atoms. The van der Waals surface area contributed by atoms with Crippen LogP contribution in [0, 0.1) is 5.92 Å². The van der Waals surface area contributed by atoms with Gasteiger partial charge < -0.3 is 14.2 Å². The Labute approximate surface area is 128 Å². The Morgan fingerprint density at radius 3 is 2.38 bits per heavy atom. The zero-order chi connectivity index (χ0) is 15.9. The summed E-state index contributed by atoms with van der Waals surface area (Å²) in [5.74, 6) is 1.41. The van der Waals surface area contributed by atoms with Crippen molar-refractivity contribution < 1.29 is 14.2 Å². The Morgan fingerprint density at radius 2 is 1.90 bits per heavy atom. The lowest BCUT2D eigenvalue weighted by molar-refractivity contribution is -0.139. The van der Waals surface area contributed by atoms with Crippen LogP contribution in [-0.2, 0) is 9.47 Å². The van der Waals surface area contributed by atoms with Crippen LogP contribution in [0.2, 0.25) is 0 Å². The molecular formula is C16H28N2O3. The summed E-state index contributed by atoms with van der Waals surface area (Å²) in [6.45, 7) is 13.3. The van der Waals surface area contributed by atoms with Gasteiger partial charge in [-0.2, -0.15) is 0 Å². The lowest BCUT2D eigenvalue weighted by Gasteiger charge is -2.16. The normalized spacial score (nSPS) is 20.0. The highest BCUT2D eigenvalue weighted by Gasteiger charge is 2.35. The van der Waals surface area contributed by atoms with Gasteiger partial charge in [-0.1, -0.05) is 27.7 Å². The number of hydrogen-bond donors (Lipinski definition) is 0. The molecule has 5 nitrogen and oxygen atoms in total. The summed E-state index contributed by atoms with van der Waals surface area (Å²) in [6.07, 6.45) is 4.21. The zero-order valence-electron chi connectivity index (χ0n) is 14.0. The highest BCUT2D eigenvalue weighted by atomic mass is 16.7. The fraction of sp³-hybridized carbons (Fsp3) is 0.750. The Bertz CT molecular complexity index is 404. The first-order valence-electron chi connectivity index (χ1n) is 7.73. The van der Waals surface area contributed by atoms with Crippen LogP contribution in [0.1, 0.15) is 59.9 Å². The SMILES string of the molecule is CC.CC(C)CCOc1cnc(C2COC(C)(C)O2)nc1. The summed E-state index contributed by atoms with van der Waals surface area (Å²) in [6, 6.07) is 0. The van der Waals surface area contributed by atoms with Crippen molar-refractivity contribution in [3.05, 3.63) is 18.2 Å². The van der Waals surface area contributed by atoms with E-state index in [1.54, 1.807) is 12.4 Å². The van der Waals surface area contributed by atoms with E-state index in [1.807, 2.05) is 27.7 Å². The molecular weight excluding hydrogens is 268 g/mol. The Hall–Kier alpha value is -1.20. The van der Waals surface area contributed by atoms with Gasteiger partial charge in [0.25, 0.3) is 0 Å². The van der Waals surface area contributed by atoms with E-state index in [-0.39, 0.29) is 6.10 Å². The number of rotatable bonds is 5. The second-order valence-corrected chi connectivity index (χ2v) is 5.63. The highest BCUT2D eigenvalue weighted by molar-refractivity contribution is 5.13. The van der Waals surface area contributed by atoms with Crippen LogP contribution in [0.15, 0.2) is 12.4 Å². The molecule has 1 aliphatic heterocycles. The average molecular weight is 296 g/mol. The van der Waals surface area contributed by atoms with Crippen molar-refractivity contribution in [1.82, 2.24) is 9.97 Å². The number of nitrogens with zero attached hydrogens (tertiary/aromatic N) is 2. The lowest BCUT2D eigenvalue weighted by Crippen LogP contribution is -2.20. The summed E-state index contributed by atoms with van der Waals surface area (Å²) < 4.78 is 16.8. The van der Waals surface area contributed by atoms with Crippen LogP contribution in [0.3, 0.4) is 0 Å². The monoisotopic (exact) mass is 296 g/mol. The fourth-order valence-electron chi connectivity index (χ4n) is 1.79. The maximum Gasteiger partial charge on any atom is 0.164 e. The molecule has 0 amide bonds. The fourth-order valence-corrected chi connectivity index (χ4v) is 1.79. The minimum absolute atomic E-state index is 0.195. The average Bonchev–Trinajstić information content (AvgIpc) is 2.82. The van der Waals surface area contributed by atoms with Crippen LogP contribution >= 0.6 is 0 Å². The lowest BCUT2D eigenvalue weighted by atomic mass is 10.1. The van der Waals surface area contributed by atoms with Gasteiger partial charge in [-0.25, -0.2) is 9.97 Å². The quantitative estimate of drug-likeness (QED) is 0.828. The first-order valence-corrected chi connectivity index (χ1v) is 7.73. The Morgan fingerprint density at radius 1 is 1.29 bits per heavy atom. The van der Waals surface area contributed by atoms with Gasteiger partial charge in [0.1, 0.15) is 6.10 Å². The molecule has 5 heteroatoms. The summed E-state index contributed by atoms with van der Waals surface area (Å²) in [4.78, 5) is 8.57. The van der Waals surface area contributed by atoms with Crippen molar-refractivity contribution in [3.63, 3.8) is 0 Å². The third-order valence-electron chi connectivity index (χ3n) is 2.91. The predicted octanol–water partition coefficient (Wildman–Crippen LogP) is 3.75. The van der Waals surface area contributed by atoms with E-state index in [1.165, 1.54) is 0 Å². The molecule has 1 fully saturated rings. The van der Waals surface area contributed by atoms with E-state index in [2.05, 4.69) is 23.8 Å². The van der Waals surface area contributed by atoms with Crippen molar-refractivity contribution in [2.45, 2.75) is 59.9 Å². The number of ether oxygens (including phenoxy) is 3. The summed E-state index contributed by atoms with van der Waals surface area (Å²) in [5.41, 5.74) is 0. The highest BCUT2D eigenvalue weighted by Crippen LogP contribution is 2.31. The van der Waals surface area contributed by atoms with Crippen LogP contribution in [-0.4, -0.2) is 29.0 Å². The van der Waals surface area contributed by atoms with Crippen molar-refractivity contribution in [1.29, 1.82) is 0 Å². The molecule has 0 saturated carbocycles. The van der Waals surface area contributed by atoms with Crippen molar-refractivity contribution in [3.8, 4) is 5.75 Å². The standard InChI is InChI=1S/C14H22N2O3.C2H6/c1-10(2)5-6-17-11-7-15-13(16-8-11)12-9-18-14(3,4)19-12;1-2/h7-8,10,12H,5-6,9H2,1-4H3;1-2H3. The molecule has 0 bridgehead atoms. The molecule has 1 atom stereocenters. The van der Waals surface area contributed by atoms with E-state index in [9.17, 15) is 0 Å². The maximum atomic E-state index is 5.70. The minimum Gasteiger partial charge on any atom is -0.490 e. The molecule has 0 N–H and O–H groups in total. The molecule has 1 aromatic rings. The van der Waals surface area contributed by atoms with Crippen molar-refractivity contribution in [2.24, 2.45) is 5.92 Å². The zero-order valence-corrected chi connectivity index (χ0v) is 14.0. The second kappa shape index (κ2) is 8.29. The molecule has 1 saturated heterocycles. The third kappa shape index (κ3) is 5.98. The maximum absolute atomic E-state index is 5.70. The van der Waals surface area contributed by atoms with E-state index >= 15 is 0 Å². The summed E-state index contributed by atoms with van der Waals surface area (Å²) >= 11 is 0. The van der Waals surface area contributed by atoms with Gasteiger partial charge in [-0.3, -0.25) is 0 Å². The predicted molar refractivity (Wildman–Crippen MR) is 82.2 cm³/mol. The van der Waals surface area contributed by atoms with Gasteiger partial charge in [-0.15, -0.1) is 0 Å². The summed E-state index contributed by atoms with van der Waals surface area (Å²) in [5, 5.41) is 0. The van der Waals surface area contributed by atoms with E-state index < -0.39 is 5.79 Å². The van der Waals surface area contributed by atoms with Gasteiger partial charge in [0.15, 0.2) is 17.4 Å². The van der Waals surface area contributed by atoms with Crippen LogP contribution < -0.4 is 4.74 Å². The number of hydrogen-bond acceptors (Lipinski definition) is 5. The molecule has 1 aromatic heterocycles. The molecule has 0 aliphatic carbocycles. The first-order chi connectivity index (χ1) is 9.96. The second-order valence-electron chi connectivity index (χ2n) is 5.63. The Kier molecular flexibility index (Phi) is 7.05. The smallest absolute Gasteiger partial charge is 0.164 e. The van der Waals surface area contributed by atoms with Gasteiger partial charge >= 0.3 is 0 Å². The Balaban J connectivity index is 0.00000106. The van der Waals surface area contributed by atoms with Gasteiger partial charge in [0.05, 0.1) is 25.6 Å². The van der Waals surface area contributed by atoms with Crippen molar-refractivity contribution in [2.75, 3.05) is 13.2 Å². The molecule has 1 unspecified atom stereocenters. The largest absolute Gasteiger partial charge is 0.490 e. The molecule has 120 valence electrons. The third-order valence-corrected chi connectivity index (χ3v) is 2.91. The van der Waals surface area contributed by atoms with Crippen LogP contribution in [0.25, 0.3) is 0 Å². The van der Waals surface area contributed by atoms with E-state index in [4.69, 9.17) is 14.2 Å². The van der Waals surface area contributed by atoms with Gasteiger partial charge in [0, 0.05) is 0 Å². The van der Waals surface area contributed by atoms with Crippen LogP contribution in [0.5, 0.6) is 5.75 Å². The molecule has 1 aliphatic rings. The number of aromatic nitrogens is 2. The minimum atomic E-state index is -0.555. The van der Waals surface area contributed by atoms with E-state index in [0.29, 0.717) is 30.7 Å². The van der Waals surface area contributed by atoms with Gasteiger partial charge in [-0.05, 0) is 26.2 Å². The van der Waals surface area contributed by atoms with Crippen molar-refractivity contribution >= 4 is 0 Å². The molecule has 0 aromatic carbocycles. The molecule has 0 spiro atoms. The summed E-state index contributed by atoms with van der Waals surface area (Å²) in [7, 11) is 0. The first kappa shape index (κ1) is 17.9. The molecule has 2 rings (SSSR count). The molecule has 2 heterocycles. The van der Waals surface area contributed by atoms with Crippen LogP contribution in [0.4, 0.5) is 0 Å². The van der Waals surface area contributed by atoms with Gasteiger partial charge in [0.2, 0.25) is 0 Å². The topological polar surface area (TPSA) is 53.5 Å².